The highest BCUT2D eigenvalue weighted by Crippen LogP contribution is 2.26. The van der Waals surface area contributed by atoms with Crippen LogP contribution in [-0.4, -0.2) is 23.3 Å². The second-order valence-electron chi connectivity index (χ2n) is 6.19. The summed E-state index contributed by atoms with van der Waals surface area (Å²) in [4.78, 5) is 16.4. The molecule has 1 amide bonds. The van der Waals surface area contributed by atoms with E-state index in [1.165, 1.54) is 24.2 Å². The molecule has 6 nitrogen and oxygen atoms in total. The largest absolute Gasteiger partial charge is 0.319 e. The smallest absolute Gasteiger partial charge is 0.274 e. The van der Waals surface area contributed by atoms with E-state index in [9.17, 15) is 13.2 Å². The topological polar surface area (TPSA) is 81.1 Å². The van der Waals surface area contributed by atoms with E-state index in [0.717, 1.165) is 28.8 Å². The van der Waals surface area contributed by atoms with Gasteiger partial charge in [-0.25, -0.2) is 12.4 Å². The molecule has 1 aliphatic rings. The van der Waals surface area contributed by atoms with Gasteiger partial charge in [-0.3, -0.25) is 9.78 Å². The summed E-state index contributed by atoms with van der Waals surface area (Å²) in [6.07, 6.45) is 7.32. The first kappa shape index (κ1) is 16.5. The van der Waals surface area contributed by atoms with Crippen molar-refractivity contribution in [2.45, 2.75) is 24.2 Å². The number of hydrogen-bond donors (Lipinski definition) is 1. The Hall–Kier alpha value is -2.93. The lowest BCUT2D eigenvalue weighted by Crippen LogP contribution is -2.14. The monoisotopic (exact) mass is 367 g/mol. The van der Waals surface area contributed by atoms with E-state index < -0.39 is 15.9 Å². The number of amides is 1. The summed E-state index contributed by atoms with van der Waals surface area (Å²) in [7, 11) is -3.69. The molecule has 0 aliphatic heterocycles. The Morgan fingerprint density at radius 1 is 1.08 bits per heavy atom. The molecule has 26 heavy (non-hydrogen) atoms. The van der Waals surface area contributed by atoms with Gasteiger partial charge in [0.2, 0.25) is 0 Å². The zero-order chi connectivity index (χ0) is 18.1. The van der Waals surface area contributed by atoms with Crippen LogP contribution in [0.1, 0.15) is 28.0 Å². The lowest BCUT2D eigenvalue weighted by Gasteiger charge is -2.08. The van der Waals surface area contributed by atoms with Gasteiger partial charge in [0.1, 0.15) is 5.69 Å². The van der Waals surface area contributed by atoms with Crippen LogP contribution in [0, 0.1) is 0 Å². The van der Waals surface area contributed by atoms with Gasteiger partial charge in [0.25, 0.3) is 15.9 Å². The van der Waals surface area contributed by atoms with Crippen LogP contribution in [0.2, 0.25) is 0 Å². The number of rotatable bonds is 4. The third-order valence-electron chi connectivity index (χ3n) is 4.47. The minimum atomic E-state index is -3.69. The Kier molecular flexibility index (Phi) is 4.08. The van der Waals surface area contributed by atoms with Crippen molar-refractivity contribution in [2.24, 2.45) is 0 Å². The molecule has 1 N–H and O–H groups in total. The van der Waals surface area contributed by atoms with Crippen molar-refractivity contribution >= 4 is 21.6 Å². The number of nitrogens with zero attached hydrogens (tertiary/aromatic N) is 2. The predicted molar refractivity (Wildman–Crippen MR) is 97.7 cm³/mol. The number of nitrogens with one attached hydrogen (secondary N) is 1. The van der Waals surface area contributed by atoms with Gasteiger partial charge >= 0.3 is 0 Å². The number of benzene rings is 1. The second kappa shape index (κ2) is 6.42. The Balaban J connectivity index is 1.58. The number of pyridine rings is 1. The number of hydrogen-bond acceptors (Lipinski definition) is 4. The molecule has 0 fully saturated rings. The number of fused-ring (bicyclic) bond motifs is 1. The molecule has 7 heteroatoms. The van der Waals surface area contributed by atoms with Gasteiger partial charge in [0.05, 0.1) is 10.6 Å². The molecular formula is C19H17N3O3S. The SMILES string of the molecule is O=C(Nc1ccn(S(=O)(=O)c2ccc3c(c2)CCC3)c1)c1ccccn1. The van der Waals surface area contributed by atoms with Crippen molar-refractivity contribution in [2.75, 3.05) is 5.32 Å². The predicted octanol–water partition coefficient (Wildman–Crippen LogP) is 2.86. The number of anilines is 1. The minimum absolute atomic E-state index is 0.261. The molecule has 0 atom stereocenters. The van der Waals surface area contributed by atoms with E-state index in [4.69, 9.17) is 0 Å². The highest BCUT2D eigenvalue weighted by Gasteiger charge is 2.20. The van der Waals surface area contributed by atoms with Crippen molar-refractivity contribution in [3.8, 4) is 0 Å². The zero-order valence-electron chi connectivity index (χ0n) is 13.9. The molecule has 0 saturated heterocycles. The maximum atomic E-state index is 12.8. The zero-order valence-corrected chi connectivity index (χ0v) is 14.7. The van der Waals surface area contributed by atoms with E-state index in [2.05, 4.69) is 10.3 Å². The summed E-state index contributed by atoms with van der Waals surface area (Å²) in [6, 6.07) is 11.9. The van der Waals surface area contributed by atoms with Crippen LogP contribution in [0.4, 0.5) is 5.69 Å². The highest BCUT2D eigenvalue weighted by molar-refractivity contribution is 7.90. The molecule has 2 aromatic heterocycles. The maximum Gasteiger partial charge on any atom is 0.274 e. The first-order valence-corrected chi connectivity index (χ1v) is 9.76. The van der Waals surface area contributed by atoms with Gasteiger partial charge < -0.3 is 5.32 Å². The Morgan fingerprint density at radius 2 is 1.92 bits per heavy atom. The fourth-order valence-corrected chi connectivity index (χ4v) is 4.37. The first-order chi connectivity index (χ1) is 12.5. The lowest BCUT2D eigenvalue weighted by atomic mass is 10.1. The van der Waals surface area contributed by atoms with Gasteiger partial charge in [0, 0.05) is 18.6 Å². The van der Waals surface area contributed by atoms with E-state index in [1.807, 2.05) is 6.07 Å². The summed E-state index contributed by atoms with van der Waals surface area (Å²) in [6.45, 7) is 0. The molecule has 1 aromatic carbocycles. The molecule has 0 radical (unpaired) electrons. The third-order valence-corrected chi connectivity index (χ3v) is 6.10. The van der Waals surface area contributed by atoms with E-state index >= 15 is 0 Å². The minimum Gasteiger partial charge on any atom is -0.319 e. The van der Waals surface area contributed by atoms with Gasteiger partial charge in [-0.15, -0.1) is 0 Å². The Bertz CT molecular complexity index is 1070. The van der Waals surface area contributed by atoms with Crippen molar-refractivity contribution in [3.63, 3.8) is 0 Å². The van der Waals surface area contributed by atoms with Gasteiger partial charge in [-0.1, -0.05) is 12.1 Å². The highest BCUT2D eigenvalue weighted by atomic mass is 32.2. The number of aryl methyl sites for hydroxylation is 2. The van der Waals surface area contributed by atoms with Crippen molar-refractivity contribution in [1.29, 1.82) is 0 Å². The molecule has 0 bridgehead atoms. The molecule has 3 aromatic rings. The Morgan fingerprint density at radius 3 is 2.73 bits per heavy atom. The average Bonchev–Trinajstić information content (AvgIpc) is 3.31. The fraction of sp³-hybridized carbons (Fsp3) is 0.158. The molecule has 0 saturated carbocycles. The number of carbonyl (C=O) groups excluding carboxylic acids is 1. The maximum absolute atomic E-state index is 12.8. The summed E-state index contributed by atoms with van der Waals surface area (Å²) in [5, 5.41) is 2.66. The van der Waals surface area contributed by atoms with Crippen molar-refractivity contribution in [1.82, 2.24) is 8.96 Å². The molecule has 1 aliphatic carbocycles. The van der Waals surface area contributed by atoms with Gasteiger partial charge in [-0.05, 0) is 60.7 Å². The fourth-order valence-electron chi connectivity index (χ4n) is 3.12. The van der Waals surface area contributed by atoms with Crippen LogP contribution < -0.4 is 5.32 Å². The second-order valence-corrected chi connectivity index (χ2v) is 8.03. The van der Waals surface area contributed by atoms with Crippen LogP contribution in [0.15, 0.2) is 66.0 Å². The van der Waals surface area contributed by atoms with Crippen LogP contribution in [0.3, 0.4) is 0 Å². The molecule has 2 heterocycles. The third kappa shape index (κ3) is 3.01. The van der Waals surface area contributed by atoms with Crippen LogP contribution >= 0.6 is 0 Å². The standard InChI is InChI=1S/C19H17N3O3S/c23-19(18-6-1-2-10-20-18)21-16-9-11-22(13-16)26(24,25)17-8-7-14-4-3-5-15(14)12-17/h1-2,6-13H,3-5H2,(H,21,23). The molecule has 0 unspecified atom stereocenters. The van der Waals surface area contributed by atoms with E-state index in [1.54, 1.807) is 36.4 Å². The van der Waals surface area contributed by atoms with Gasteiger partial charge in [-0.2, -0.15) is 0 Å². The van der Waals surface area contributed by atoms with Crippen LogP contribution in [0.5, 0.6) is 0 Å². The van der Waals surface area contributed by atoms with Crippen LogP contribution in [0.25, 0.3) is 0 Å². The lowest BCUT2D eigenvalue weighted by molar-refractivity contribution is 0.102. The molecule has 132 valence electrons. The van der Waals surface area contributed by atoms with Gasteiger partial charge in [0.15, 0.2) is 0 Å². The molecule has 0 spiro atoms. The normalized spacial score (nSPS) is 13.4. The summed E-state index contributed by atoms with van der Waals surface area (Å²) in [5.74, 6) is -0.390. The quantitative estimate of drug-likeness (QED) is 0.769. The number of aromatic nitrogens is 2. The van der Waals surface area contributed by atoms with Crippen LogP contribution in [-0.2, 0) is 22.9 Å². The molecular weight excluding hydrogens is 350 g/mol. The summed E-state index contributed by atoms with van der Waals surface area (Å²) >= 11 is 0. The summed E-state index contributed by atoms with van der Waals surface area (Å²) < 4.78 is 26.8. The Labute approximate surface area is 151 Å². The number of carbonyl (C=O) groups is 1. The van der Waals surface area contributed by atoms with Crippen molar-refractivity contribution in [3.05, 3.63) is 77.9 Å². The molecule has 4 rings (SSSR count). The van der Waals surface area contributed by atoms with Crippen molar-refractivity contribution < 1.29 is 13.2 Å². The first-order valence-electron chi connectivity index (χ1n) is 8.32. The summed E-state index contributed by atoms with van der Waals surface area (Å²) in [5.41, 5.74) is 2.98. The van der Waals surface area contributed by atoms with E-state index in [-0.39, 0.29) is 10.6 Å². The average molecular weight is 367 g/mol. The van der Waals surface area contributed by atoms with E-state index in [0.29, 0.717) is 5.69 Å².